The van der Waals surface area contributed by atoms with Gasteiger partial charge >= 0.3 is 0 Å². The summed E-state index contributed by atoms with van der Waals surface area (Å²) in [5, 5.41) is 16.4. The zero-order valence-electron chi connectivity index (χ0n) is 11.6. The van der Waals surface area contributed by atoms with E-state index in [9.17, 15) is 5.11 Å². The minimum Gasteiger partial charge on any atom is -0.381 e. The van der Waals surface area contributed by atoms with Gasteiger partial charge in [-0.3, -0.25) is 5.32 Å². The van der Waals surface area contributed by atoms with Gasteiger partial charge in [-0.1, -0.05) is 30.3 Å². The number of aliphatic hydroxyl groups excluding tert-OH is 1. The minimum absolute atomic E-state index is 0.112. The van der Waals surface area contributed by atoms with Crippen LogP contribution in [0.2, 0.25) is 0 Å². The minimum atomic E-state index is -0.597. The molecule has 1 aromatic carbocycles. The molecule has 0 amide bonds. The van der Waals surface area contributed by atoms with Gasteiger partial charge in [-0.15, -0.1) is 0 Å². The van der Waals surface area contributed by atoms with Gasteiger partial charge in [0.15, 0.2) is 0 Å². The lowest BCUT2D eigenvalue weighted by Gasteiger charge is -2.39. The summed E-state index contributed by atoms with van der Waals surface area (Å²) in [6, 6.07) is 10.6. The Kier molecular flexibility index (Phi) is 5.34. The van der Waals surface area contributed by atoms with Crippen LogP contribution in [-0.2, 0) is 10.2 Å². The van der Waals surface area contributed by atoms with Gasteiger partial charge in [-0.25, -0.2) is 0 Å². The van der Waals surface area contributed by atoms with Gasteiger partial charge in [0.05, 0.1) is 6.61 Å². The molecule has 19 heavy (non-hydrogen) atoms. The molecule has 0 radical (unpaired) electrons. The maximum absolute atomic E-state index is 9.79. The number of aliphatic hydroxyl groups is 1. The van der Waals surface area contributed by atoms with Crippen LogP contribution in [-0.4, -0.2) is 44.7 Å². The molecular weight excluding hydrogens is 240 g/mol. The van der Waals surface area contributed by atoms with E-state index in [-0.39, 0.29) is 5.41 Å². The van der Waals surface area contributed by atoms with Crippen molar-refractivity contribution in [3.8, 4) is 0 Å². The molecule has 1 aromatic rings. The smallest absolute Gasteiger partial charge is 0.128 e. The summed E-state index contributed by atoms with van der Waals surface area (Å²) in [6.07, 6.45) is 1.58. The molecule has 1 atom stereocenters. The predicted molar refractivity (Wildman–Crippen MR) is 76.1 cm³/mol. The van der Waals surface area contributed by atoms with Gasteiger partial charge in [-0.2, -0.15) is 0 Å². The average molecular weight is 264 g/mol. The molecule has 0 spiro atoms. The van der Waals surface area contributed by atoms with Crippen LogP contribution < -0.4 is 10.6 Å². The Morgan fingerprint density at radius 3 is 2.63 bits per heavy atom. The Balaban J connectivity index is 2.07. The van der Waals surface area contributed by atoms with E-state index in [1.54, 1.807) is 7.11 Å². The van der Waals surface area contributed by atoms with E-state index < -0.39 is 6.23 Å². The van der Waals surface area contributed by atoms with Crippen molar-refractivity contribution in [3.63, 3.8) is 0 Å². The highest BCUT2D eigenvalue weighted by atomic mass is 16.5. The fourth-order valence-electron chi connectivity index (χ4n) is 2.79. The third kappa shape index (κ3) is 3.76. The number of benzene rings is 1. The van der Waals surface area contributed by atoms with E-state index in [1.807, 2.05) is 6.07 Å². The molecule has 1 fully saturated rings. The van der Waals surface area contributed by atoms with E-state index >= 15 is 0 Å². The highest BCUT2D eigenvalue weighted by Crippen LogP contribution is 2.32. The average Bonchev–Trinajstić information content (AvgIpc) is 2.47. The zero-order chi connectivity index (χ0) is 13.6. The topological polar surface area (TPSA) is 53.5 Å². The van der Waals surface area contributed by atoms with E-state index in [4.69, 9.17) is 4.74 Å². The quantitative estimate of drug-likeness (QED) is 0.667. The maximum Gasteiger partial charge on any atom is 0.128 e. The number of rotatable bonds is 6. The summed E-state index contributed by atoms with van der Waals surface area (Å²) in [5.74, 6) is 0. The van der Waals surface area contributed by atoms with Gasteiger partial charge in [0, 0.05) is 19.1 Å². The first-order chi connectivity index (χ1) is 9.27. The summed E-state index contributed by atoms with van der Waals surface area (Å²) in [4.78, 5) is 0. The standard InChI is InChI=1S/C15H24N2O2/c1-19-11-14(18)17-12-15(7-9-16-10-8-15)13-5-3-2-4-6-13/h2-6,14,16-18H,7-12H2,1H3. The van der Waals surface area contributed by atoms with Gasteiger partial charge in [0.25, 0.3) is 0 Å². The molecule has 4 heteroatoms. The van der Waals surface area contributed by atoms with E-state index in [0.29, 0.717) is 6.61 Å². The number of hydrogen-bond donors (Lipinski definition) is 3. The van der Waals surface area contributed by atoms with Crippen LogP contribution in [0, 0.1) is 0 Å². The summed E-state index contributed by atoms with van der Waals surface area (Å²) < 4.78 is 4.96. The Labute approximate surface area is 115 Å². The monoisotopic (exact) mass is 264 g/mol. The van der Waals surface area contributed by atoms with Crippen molar-refractivity contribution in [2.75, 3.05) is 33.4 Å². The summed E-state index contributed by atoms with van der Waals surface area (Å²) in [6.45, 7) is 3.15. The Hall–Kier alpha value is -0.940. The van der Waals surface area contributed by atoms with Crippen LogP contribution in [0.15, 0.2) is 30.3 Å². The molecule has 1 aliphatic rings. The van der Waals surface area contributed by atoms with Crippen LogP contribution in [0.4, 0.5) is 0 Å². The number of piperidine rings is 1. The molecule has 0 bridgehead atoms. The summed E-state index contributed by atoms with van der Waals surface area (Å²) >= 11 is 0. The molecule has 2 rings (SSSR count). The van der Waals surface area contributed by atoms with Gasteiger partial charge in [-0.05, 0) is 31.5 Å². The second-order valence-corrected chi connectivity index (χ2v) is 5.25. The SMILES string of the molecule is COCC(O)NCC1(c2ccccc2)CCNCC1. The Bertz CT molecular complexity index is 364. The van der Waals surface area contributed by atoms with Crippen molar-refractivity contribution >= 4 is 0 Å². The summed E-state index contributed by atoms with van der Waals surface area (Å²) in [7, 11) is 1.60. The highest BCUT2D eigenvalue weighted by Gasteiger charge is 2.33. The second kappa shape index (κ2) is 7.01. The molecule has 3 N–H and O–H groups in total. The molecule has 1 unspecified atom stereocenters. The number of methoxy groups -OCH3 is 1. The molecule has 1 heterocycles. The number of nitrogens with one attached hydrogen (secondary N) is 2. The first kappa shape index (κ1) is 14.5. The molecule has 0 aromatic heterocycles. The molecule has 106 valence electrons. The first-order valence-corrected chi connectivity index (χ1v) is 6.93. The molecule has 4 nitrogen and oxygen atoms in total. The van der Waals surface area contributed by atoms with Crippen molar-refractivity contribution in [2.24, 2.45) is 0 Å². The van der Waals surface area contributed by atoms with Crippen molar-refractivity contribution in [1.29, 1.82) is 0 Å². The molecule has 0 saturated carbocycles. The van der Waals surface area contributed by atoms with Gasteiger partial charge in [0.2, 0.25) is 0 Å². The normalized spacial score (nSPS) is 20.1. The van der Waals surface area contributed by atoms with Gasteiger partial charge in [0.1, 0.15) is 6.23 Å². The molecule has 1 aliphatic heterocycles. The van der Waals surface area contributed by atoms with E-state index in [2.05, 4.69) is 34.9 Å². The Morgan fingerprint density at radius 2 is 2.00 bits per heavy atom. The lowest BCUT2D eigenvalue weighted by molar-refractivity contribution is 0.0366. The van der Waals surface area contributed by atoms with Crippen molar-refractivity contribution in [1.82, 2.24) is 10.6 Å². The van der Waals surface area contributed by atoms with Crippen LogP contribution in [0.5, 0.6) is 0 Å². The fraction of sp³-hybridized carbons (Fsp3) is 0.600. The predicted octanol–water partition coefficient (Wildman–Crippen LogP) is 0.862. The van der Waals surface area contributed by atoms with Crippen LogP contribution in [0.3, 0.4) is 0 Å². The highest BCUT2D eigenvalue weighted by molar-refractivity contribution is 5.27. The lowest BCUT2D eigenvalue weighted by atomic mass is 9.73. The zero-order valence-corrected chi connectivity index (χ0v) is 11.6. The van der Waals surface area contributed by atoms with Crippen molar-refractivity contribution in [2.45, 2.75) is 24.5 Å². The number of hydrogen-bond acceptors (Lipinski definition) is 4. The van der Waals surface area contributed by atoms with Crippen LogP contribution in [0.25, 0.3) is 0 Å². The van der Waals surface area contributed by atoms with Crippen LogP contribution in [0.1, 0.15) is 18.4 Å². The third-order valence-electron chi connectivity index (χ3n) is 3.95. The lowest BCUT2D eigenvalue weighted by Crippen LogP contribution is -2.49. The second-order valence-electron chi connectivity index (χ2n) is 5.25. The third-order valence-corrected chi connectivity index (χ3v) is 3.95. The van der Waals surface area contributed by atoms with Crippen LogP contribution >= 0.6 is 0 Å². The summed E-state index contributed by atoms with van der Waals surface area (Å²) in [5.41, 5.74) is 1.47. The first-order valence-electron chi connectivity index (χ1n) is 6.93. The fourth-order valence-corrected chi connectivity index (χ4v) is 2.79. The largest absolute Gasteiger partial charge is 0.381 e. The maximum atomic E-state index is 9.79. The number of ether oxygens (including phenoxy) is 1. The van der Waals surface area contributed by atoms with Crippen molar-refractivity contribution in [3.05, 3.63) is 35.9 Å². The van der Waals surface area contributed by atoms with E-state index in [0.717, 1.165) is 32.5 Å². The van der Waals surface area contributed by atoms with E-state index in [1.165, 1.54) is 5.56 Å². The molecule has 1 saturated heterocycles. The Morgan fingerprint density at radius 1 is 1.32 bits per heavy atom. The molecular formula is C15H24N2O2. The molecule has 0 aliphatic carbocycles. The van der Waals surface area contributed by atoms with Gasteiger partial charge < -0.3 is 15.2 Å². The van der Waals surface area contributed by atoms with Crippen molar-refractivity contribution < 1.29 is 9.84 Å².